The fourth-order valence-electron chi connectivity index (χ4n) is 3.44. The number of aromatic nitrogens is 3. The summed E-state index contributed by atoms with van der Waals surface area (Å²) in [5.41, 5.74) is 2.80. The molecule has 4 heterocycles. The van der Waals surface area contributed by atoms with Gasteiger partial charge in [-0.25, -0.2) is 4.98 Å². The van der Waals surface area contributed by atoms with Gasteiger partial charge in [0.05, 0.1) is 29.4 Å². The number of H-pyrrole nitrogens is 1. The third kappa shape index (κ3) is 2.64. The molecular weight excluding hydrogens is 358 g/mol. The van der Waals surface area contributed by atoms with E-state index in [1.54, 1.807) is 6.07 Å². The lowest BCUT2D eigenvalue weighted by Gasteiger charge is -2.15. The fraction of sp³-hybridized carbons (Fsp3) is 0.333. The number of aliphatic hydroxyl groups excluding tert-OH is 1. The van der Waals surface area contributed by atoms with Crippen molar-refractivity contribution in [3.05, 3.63) is 41.4 Å². The Morgan fingerprint density at radius 3 is 2.77 bits per heavy atom. The molecule has 0 saturated carbocycles. The maximum Gasteiger partial charge on any atom is 0.296 e. The van der Waals surface area contributed by atoms with E-state index in [4.69, 9.17) is 25.8 Å². The number of rotatable bonds is 3. The highest BCUT2D eigenvalue weighted by Gasteiger charge is 2.48. The molecule has 7 nitrogen and oxygen atoms in total. The van der Waals surface area contributed by atoms with Crippen LogP contribution >= 0.6 is 11.6 Å². The first-order valence-corrected chi connectivity index (χ1v) is 8.76. The number of pyridine rings is 1. The van der Waals surface area contributed by atoms with Crippen molar-refractivity contribution >= 4 is 22.8 Å². The van der Waals surface area contributed by atoms with Gasteiger partial charge in [0, 0.05) is 5.56 Å². The first-order chi connectivity index (χ1) is 12.7. The number of ether oxygens (including phenoxy) is 3. The number of aromatic amines is 1. The van der Waals surface area contributed by atoms with E-state index in [0.717, 1.165) is 5.56 Å². The van der Waals surface area contributed by atoms with Crippen LogP contribution in [0.5, 0.6) is 6.01 Å². The SMILES string of the molecule is O[C@@H]1CO[C@H]2[C@@H]1OC[C@H]2Oc1nc2nc(-c3ccccc3)c(Cl)cc2[nH]1. The first kappa shape index (κ1) is 16.0. The Morgan fingerprint density at radius 2 is 1.92 bits per heavy atom. The van der Waals surface area contributed by atoms with Crippen LogP contribution in [0.25, 0.3) is 22.4 Å². The highest BCUT2D eigenvalue weighted by atomic mass is 35.5. The molecule has 0 bridgehead atoms. The summed E-state index contributed by atoms with van der Waals surface area (Å²) >= 11 is 6.39. The van der Waals surface area contributed by atoms with Gasteiger partial charge in [0.1, 0.15) is 18.3 Å². The highest BCUT2D eigenvalue weighted by Crippen LogP contribution is 2.32. The van der Waals surface area contributed by atoms with Crippen molar-refractivity contribution in [2.24, 2.45) is 0 Å². The molecule has 26 heavy (non-hydrogen) atoms. The minimum atomic E-state index is -0.613. The van der Waals surface area contributed by atoms with Gasteiger partial charge in [-0.1, -0.05) is 41.9 Å². The summed E-state index contributed by atoms with van der Waals surface area (Å²) in [6, 6.07) is 11.8. The lowest BCUT2D eigenvalue weighted by Crippen LogP contribution is -2.34. The third-order valence-electron chi connectivity index (χ3n) is 4.70. The molecule has 4 atom stereocenters. The second-order valence-electron chi connectivity index (χ2n) is 6.42. The van der Waals surface area contributed by atoms with Gasteiger partial charge in [-0.15, -0.1) is 0 Å². The maximum absolute atomic E-state index is 9.81. The number of halogens is 1. The van der Waals surface area contributed by atoms with Gasteiger partial charge in [0.2, 0.25) is 0 Å². The van der Waals surface area contributed by atoms with Gasteiger partial charge >= 0.3 is 0 Å². The summed E-state index contributed by atoms with van der Waals surface area (Å²) in [4.78, 5) is 12.1. The van der Waals surface area contributed by atoms with E-state index < -0.39 is 6.10 Å². The van der Waals surface area contributed by atoms with Gasteiger partial charge in [-0.05, 0) is 6.07 Å². The Bertz CT molecular complexity index is 948. The molecule has 5 rings (SSSR count). The van der Waals surface area contributed by atoms with Gasteiger partial charge in [0.15, 0.2) is 11.8 Å². The number of fused-ring (bicyclic) bond motifs is 2. The average Bonchev–Trinajstić information content (AvgIpc) is 3.32. The van der Waals surface area contributed by atoms with E-state index in [-0.39, 0.29) is 24.9 Å². The molecule has 2 aliphatic heterocycles. The zero-order chi connectivity index (χ0) is 17.7. The Morgan fingerprint density at radius 1 is 1.12 bits per heavy atom. The molecule has 0 amide bonds. The van der Waals surface area contributed by atoms with Crippen molar-refractivity contribution < 1.29 is 19.3 Å². The quantitative estimate of drug-likeness (QED) is 0.731. The number of benzene rings is 1. The molecule has 0 spiro atoms. The van der Waals surface area contributed by atoms with E-state index in [1.807, 2.05) is 30.3 Å². The van der Waals surface area contributed by atoms with Crippen LogP contribution in [-0.2, 0) is 9.47 Å². The molecule has 2 N–H and O–H groups in total. The topological polar surface area (TPSA) is 89.5 Å². The van der Waals surface area contributed by atoms with Crippen LogP contribution in [0.2, 0.25) is 5.02 Å². The number of nitrogens with zero attached hydrogens (tertiary/aromatic N) is 2. The third-order valence-corrected chi connectivity index (χ3v) is 4.99. The van der Waals surface area contributed by atoms with Crippen molar-refractivity contribution in [3.8, 4) is 17.3 Å². The summed E-state index contributed by atoms with van der Waals surface area (Å²) in [6.45, 7) is 0.597. The van der Waals surface area contributed by atoms with Crippen LogP contribution in [0.15, 0.2) is 36.4 Å². The standard InChI is InChI=1S/C18H16ClN3O4/c19-10-6-11-17(21-14(10)9-4-2-1-3-5-9)22-18(20-11)26-13-8-25-15-12(23)7-24-16(13)15/h1-6,12-13,15-16,23H,7-8H2,(H,20,21,22)/t12-,13-,15-,16-/m1/s1. The van der Waals surface area contributed by atoms with Gasteiger partial charge in [-0.2, -0.15) is 4.98 Å². The molecule has 0 radical (unpaired) electrons. The number of aliphatic hydroxyl groups is 1. The van der Waals surface area contributed by atoms with E-state index in [1.165, 1.54) is 0 Å². The highest BCUT2D eigenvalue weighted by molar-refractivity contribution is 6.33. The molecular formula is C18H16ClN3O4. The molecule has 0 unspecified atom stereocenters. The van der Waals surface area contributed by atoms with E-state index >= 15 is 0 Å². The number of imidazole rings is 1. The zero-order valence-electron chi connectivity index (χ0n) is 13.6. The molecule has 3 aromatic rings. The molecule has 1 aromatic carbocycles. The Hall–Kier alpha value is -2.19. The van der Waals surface area contributed by atoms with Crippen molar-refractivity contribution in [2.45, 2.75) is 24.4 Å². The largest absolute Gasteiger partial charge is 0.456 e. The Labute approximate surface area is 153 Å². The van der Waals surface area contributed by atoms with E-state index in [9.17, 15) is 5.11 Å². The average molecular weight is 374 g/mol. The molecule has 8 heteroatoms. The van der Waals surface area contributed by atoms with Gasteiger partial charge < -0.3 is 24.3 Å². The van der Waals surface area contributed by atoms with Crippen molar-refractivity contribution in [1.29, 1.82) is 0 Å². The number of hydrogen-bond donors (Lipinski definition) is 2. The zero-order valence-corrected chi connectivity index (χ0v) is 14.4. The van der Waals surface area contributed by atoms with Crippen LogP contribution in [0, 0.1) is 0 Å². The predicted octanol–water partition coefficient (Wildman–Crippen LogP) is 2.18. The van der Waals surface area contributed by atoms with Crippen LogP contribution < -0.4 is 4.74 Å². The van der Waals surface area contributed by atoms with Gasteiger partial charge in [0.25, 0.3) is 6.01 Å². The van der Waals surface area contributed by atoms with Crippen LogP contribution in [0.4, 0.5) is 0 Å². The van der Waals surface area contributed by atoms with E-state index in [0.29, 0.717) is 34.5 Å². The summed E-state index contributed by atoms with van der Waals surface area (Å²) in [5, 5.41) is 10.3. The molecule has 2 saturated heterocycles. The predicted molar refractivity (Wildman–Crippen MR) is 94.2 cm³/mol. The lowest BCUT2D eigenvalue weighted by atomic mass is 10.1. The smallest absolute Gasteiger partial charge is 0.296 e. The Kier molecular flexibility index (Phi) is 3.82. The molecule has 0 aliphatic carbocycles. The first-order valence-electron chi connectivity index (χ1n) is 8.38. The summed E-state index contributed by atoms with van der Waals surface area (Å²) in [7, 11) is 0. The minimum absolute atomic E-state index is 0.257. The van der Waals surface area contributed by atoms with Crippen LogP contribution in [0.3, 0.4) is 0 Å². The van der Waals surface area contributed by atoms with E-state index in [2.05, 4.69) is 15.0 Å². The van der Waals surface area contributed by atoms with Gasteiger partial charge in [-0.3, -0.25) is 0 Å². The normalized spacial score (nSPS) is 27.8. The summed E-state index contributed by atoms with van der Waals surface area (Å²) in [6.07, 6.45) is -1.59. The Balaban J connectivity index is 1.43. The molecule has 134 valence electrons. The molecule has 2 aliphatic rings. The lowest BCUT2D eigenvalue weighted by molar-refractivity contribution is 0.00706. The summed E-state index contributed by atoms with van der Waals surface area (Å²) < 4.78 is 17.0. The second kappa shape index (κ2) is 6.21. The molecule has 2 fully saturated rings. The summed E-state index contributed by atoms with van der Waals surface area (Å²) in [5.74, 6) is 0. The van der Waals surface area contributed by atoms with Crippen molar-refractivity contribution in [1.82, 2.24) is 15.0 Å². The second-order valence-corrected chi connectivity index (χ2v) is 6.82. The monoisotopic (exact) mass is 373 g/mol. The van der Waals surface area contributed by atoms with Crippen LogP contribution in [0.1, 0.15) is 0 Å². The fourth-order valence-corrected chi connectivity index (χ4v) is 3.70. The molecule has 2 aromatic heterocycles. The van der Waals surface area contributed by atoms with Crippen LogP contribution in [-0.4, -0.2) is 57.7 Å². The maximum atomic E-state index is 9.81. The number of hydrogen-bond acceptors (Lipinski definition) is 6. The number of nitrogens with one attached hydrogen (secondary N) is 1. The van der Waals surface area contributed by atoms with Crippen molar-refractivity contribution in [2.75, 3.05) is 13.2 Å². The minimum Gasteiger partial charge on any atom is -0.456 e. The van der Waals surface area contributed by atoms with Crippen molar-refractivity contribution in [3.63, 3.8) is 0 Å².